The fourth-order valence-corrected chi connectivity index (χ4v) is 7.78. The zero-order chi connectivity index (χ0) is 32.6. The summed E-state index contributed by atoms with van der Waals surface area (Å²) in [4.78, 5) is 15.6. The number of thiophene rings is 1. The summed E-state index contributed by atoms with van der Waals surface area (Å²) in [6, 6.07) is 61.5. The Balaban J connectivity index is 1.24. The number of aromatic nitrogens is 3. The lowest BCUT2D eigenvalue weighted by Gasteiger charge is -2.13. The zero-order valence-electron chi connectivity index (χ0n) is 26.5. The van der Waals surface area contributed by atoms with E-state index in [0.717, 1.165) is 38.9 Å². The van der Waals surface area contributed by atoms with Gasteiger partial charge in [0.05, 0.1) is 0 Å². The second kappa shape index (κ2) is 12.4. The van der Waals surface area contributed by atoms with Crippen LogP contribution in [0.3, 0.4) is 0 Å². The molecule has 0 N–H and O–H groups in total. The number of benzene rings is 7. The standard InChI is InChI=1S/C45H29N3S/c1-3-14-30(15-4-1)32-18-11-19-33(28-32)34-20-12-21-35(29-34)43-46-44(39-24-8-7-22-36(39)31-16-5-2-6-17-31)48-45(47-43)40-26-13-25-38-37-23-9-10-27-41(37)49-42(38)40/h1-29H. The lowest BCUT2D eigenvalue weighted by molar-refractivity contribution is 1.08. The highest BCUT2D eigenvalue weighted by Crippen LogP contribution is 2.40. The van der Waals surface area contributed by atoms with Crippen LogP contribution in [-0.2, 0) is 0 Å². The van der Waals surface area contributed by atoms with E-state index in [1.165, 1.54) is 31.3 Å². The van der Waals surface area contributed by atoms with E-state index in [2.05, 4.69) is 164 Å². The molecule has 0 aliphatic carbocycles. The van der Waals surface area contributed by atoms with Crippen molar-refractivity contribution < 1.29 is 0 Å². The third-order valence-electron chi connectivity index (χ3n) is 8.96. The molecule has 0 saturated carbocycles. The topological polar surface area (TPSA) is 38.7 Å². The Kier molecular flexibility index (Phi) is 7.34. The largest absolute Gasteiger partial charge is 0.208 e. The Hall–Kier alpha value is -6.23. The number of nitrogens with zero attached hydrogens (tertiary/aromatic N) is 3. The average Bonchev–Trinajstić information content (AvgIpc) is 3.58. The van der Waals surface area contributed by atoms with Crippen LogP contribution in [0.25, 0.3) is 87.7 Å². The molecule has 230 valence electrons. The molecule has 2 heterocycles. The number of hydrogen-bond donors (Lipinski definition) is 0. The highest BCUT2D eigenvalue weighted by molar-refractivity contribution is 7.26. The maximum absolute atomic E-state index is 5.22. The molecule has 0 spiro atoms. The molecule has 0 amide bonds. The van der Waals surface area contributed by atoms with Gasteiger partial charge in [-0.3, -0.25) is 0 Å². The van der Waals surface area contributed by atoms with Crippen molar-refractivity contribution in [2.24, 2.45) is 0 Å². The summed E-state index contributed by atoms with van der Waals surface area (Å²) in [6.45, 7) is 0. The normalized spacial score (nSPS) is 11.3. The molecule has 0 bridgehead atoms. The lowest BCUT2D eigenvalue weighted by atomic mass is 9.97. The minimum Gasteiger partial charge on any atom is -0.208 e. The molecule has 0 aliphatic heterocycles. The van der Waals surface area contributed by atoms with Crippen molar-refractivity contribution in [2.45, 2.75) is 0 Å². The third-order valence-corrected chi connectivity index (χ3v) is 10.2. The summed E-state index contributed by atoms with van der Waals surface area (Å²) >= 11 is 1.79. The van der Waals surface area contributed by atoms with Gasteiger partial charge in [-0.15, -0.1) is 11.3 Å². The van der Waals surface area contributed by atoms with Gasteiger partial charge in [-0.25, -0.2) is 15.0 Å². The molecular formula is C45H29N3S. The van der Waals surface area contributed by atoms with Gasteiger partial charge in [0.25, 0.3) is 0 Å². The fraction of sp³-hybridized carbons (Fsp3) is 0. The van der Waals surface area contributed by atoms with Gasteiger partial charge in [-0.1, -0.05) is 152 Å². The lowest BCUT2D eigenvalue weighted by Crippen LogP contribution is -2.01. The number of fused-ring (bicyclic) bond motifs is 3. The van der Waals surface area contributed by atoms with E-state index in [9.17, 15) is 0 Å². The SMILES string of the molecule is c1ccc(-c2cccc(-c3cccc(-c4nc(-c5ccccc5-c5ccccc5)nc(-c5cccc6c5sc5ccccc56)n4)c3)c2)cc1. The van der Waals surface area contributed by atoms with E-state index in [1.807, 2.05) is 12.1 Å². The Morgan fingerprint density at radius 1 is 0.306 bits per heavy atom. The van der Waals surface area contributed by atoms with E-state index in [-0.39, 0.29) is 0 Å². The minimum absolute atomic E-state index is 0.641. The van der Waals surface area contributed by atoms with Gasteiger partial charge < -0.3 is 0 Å². The Morgan fingerprint density at radius 3 is 1.53 bits per heavy atom. The molecule has 2 aromatic heterocycles. The summed E-state index contributed by atoms with van der Waals surface area (Å²) in [6.07, 6.45) is 0. The first-order valence-electron chi connectivity index (χ1n) is 16.4. The Morgan fingerprint density at radius 2 is 0.776 bits per heavy atom. The fourth-order valence-electron chi connectivity index (χ4n) is 6.56. The Bertz CT molecular complexity index is 2610. The van der Waals surface area contributed by atoms with Crippen molar-refractivity contribution in [3.63, 3.8) is 0 Å². The third kappa shape index (κ3) is 5.48. The van der Waals surface area contributed by atoms with Gasteiger partial charge in [-0.2, -0.15) is 0 Å². The Labute approximate surface area is 288 Å². The summed E-state index contributed by atoms with van der Waals surface area (Å²) in [5.41, 5.74) is 9.74. The molecule has 0 saturated heterocycles. The first-order chi connectivity index (χ1) is 24.3. The van der Waals surface area contributed by atoms with Crippen molar-refractivity contribution in [1.82, 2.24) is 15.0 Å². The second-order valence-corrected chi connectivity index (χ2v) is 13.1. The summed E-state index contributed by atoms with van der Waals surface area (Å²) in [7, 11) is 0. The first-order valence-corrected chi connectivity index (χ1v) is 17.2. The molecule has 9 aromatic rings. The van der Waals surface area contributed by atoms with Crippen LogP contribution in [0.2, 0.25) is 0 Å². The summed E-state index contributed by atoms with van der Waals surface area (Å²) < 4.78 is 2.42. The monoisotopic (exact) mass is 643 g/mol. The molecule has 0 atom stereocenters. The molecule has 0 unspecified atom stereocenters. The van der Waals surface area contributed by atoms with Gasteiger partial charge in [0.15, 0.2) is 17.5 Å². The van der Waals surface area contributed by atoms with Crippen LogP contribution in [0, 0.1) is 0 Å². The average molecular weight is 644 g/mol. The molecule has 7 aromatic carbocycles. The maximum Gasteiger partial charge on any atom is 0.165 e. The van der Waals surface area contributed by atoms with Crippen LogP contribution in [0.4, 0.5) is 0 Å². The molecule has 0 aliphatic rings. The second-order valence-electron chi connectivity index (χ2n) is 12.0. The number of hydrogen-bond acceptors (Lipinski definition) is 4. The van der Waals surface area contributed by atoms with E-state index in [0.29, 0.717) is 17.5 Å². The van der Waals surface area contributed by atoms with Crippen LogP contribution >= 0.6 is 11.3 Å². The van der Waals surface area contributed by atoms with Crippen LogP contribution in [0.1, 0.15) is 0 Å². The van der Waals surface area contributed by atoms with Gasteiger partial charge in [-0.05, 0) is 57.6 Å². The van der Waals surface area contributed by atoms with Crippen molar-refractivity contribution in [3.05, 3.63) is 176 Å². The summed E-state index contributed by atoms with van der Waals surface area (Å²) in [5.74, 6) is 1.95. The minimum atomic E-state index is 0.641. The molecule has 49 heavy (non-hydrogen) atoms. The molecule has 9 rings (SSSR count). The predicted molar refractivity (Wildman–Crippen MR) is 205 cm³/mol. The van der Waals surface area contributed by atoms with Gasteiger partial charge >= 0.3 is 0 Å². The maximum atomic E-state index is 5.22. The molecule has 0 radical (unpaired) electrons. The molecule has 4 heteroatoms. The van der Waals surface area contributed by atoms with Gasteiger partial charge in [0.1, 0.15) is 0 Å². The zero-order valence-corrected chi connectivity index (χ0v) is 27.3. The molecule has 0 fully saturated rings. The van der Waals surface area contributed by atoms with Crippen LogP contribution < -0.4 is 0 Å². The highest BCUT2D eigenvalue weighted by Gasteiger charge is 2.18. The van der Waals surface area contributed by atoms with Gasteiger partial charge in [0, 0.05) is 36.9 Å². The van der Waals surface area contributed by atoms with Crippen molar-refractivity contribution in [2.75, 3.05) is 0 Å². The highest BCUT2D eigenvalue weighted by atomic mass is 32.1. The van der Waals surface area contributed by atoms with Crippen molar-refractivity contribution >= 4 is 31.5 Å². The van der Waals surface area contributed by atoms with Gasteiger partial charge in [0.2, 0.25) is 0 Å². The van der Waals surface area contributed by atoms with E-state index in [1.54, 1.807) is 11.3 Å². The van der Waals surface area contributed by atoms with Crippen LogP contribution in [-0.4, -0.2) is 15.0 Å². The summed E-state index contributed by atoms with van der Waals surface area (Å²) in [5, 5.41) is 2.46. The van der Waals surface area contributed by atoms with Crippen molar-refractivity contribution in [1.29, 1.82) is 0 Å². The molecular weight excluding hydrogens is 615 g/mol. The van der Waals surface area contributed by atoms with Crippen molar-refractivity contribution in [3.8, 4) is 67.5 Å². The van der Waals surface area contributed by atoms with E-state index >= 15 is 0 Å². The van der Waals surface area contributed by atoms with E-state index < -0.39 is 0 Å². The van der Waals surface area contributed by atoms with Crippen LogP contribution in [0.5, 0.6) is 0 Å². The first kappa shape index (κ1) is 29.0. The van der Waals surface area contributed by atoms with Crippen LogP contribution in [0.15, 0.2) is 176 Å². The number of rotatable bonds is 6. The smallest absolute Gasteiger partial charge is 0.165 e. The quantitative estimate of drug-likeness (QED) is 0.181. The molecule has 3 nitrogen and oxygen atoms in total. The van der Waals surface area contributed by atoms with E-state index in [4.69, 9.17) is 15.0 Å². The predicted octanol–water partition coefficient (Wildman–Crippen LogP) is 12.2.